The first kappa shape index (κ1) is 54.3. The first-order valence-electron chi connectivity index (χ1n) is 20.8. The van der Waals surface area contributed by atoms with Crippen molar-refractivity contribution >= 4 is 57.0 Å². The van der Waals surface area contributed by atoms with Gasteiger partial charge in [-0.1, -0.05) is 78.9 Å². The maximum absolute atomic E-state index is 15.4. The van der Waals surface area contributed by atoms with E-state index in [2.05, 4.69) is 97.1 Å². The zero-order chi connectivity index (χ0) is 54.5. The van der Waals surface area contributed by atoms with Gasteiger partial charge in [-0.3, -0.25) is 4.79 Å². The smallest absolute Gasteiger partial charge is 0.200 e. The van der Waals surface area contributed by atoms with Gasteiger partial charge in [-0.25, -0.2) is 87.8 Å². The number of halogens is 20. The first-order chi connectivity index (χ1) is 34.9. The summed E-state index contributed by atoms with van der Waals surface area (Å²) >= 11 is 0. The van der Waals surface area contributed by atoms with Crippen LogP contribution in [0.3, 0.4) is 0 Å². The molecule has 0 unspecified atom stereocenters. The molecule has 1 nitrogen and oxygen atoms in total. The van der Waals surface area contributed by atoms with E-state index in [9.17, 15) is 57.5 Å². The molecule has 0 atom stereocenters. The minimum atomic E-state index is -7.22. The number of rotatable bonds is 10. The van der Waals surface area contributed by atoms with E-state index in [0.29, 0.717) is 0 Å². The molecule has 23 heteroatoms. The molecule has 74 heavy (non-hydrogen) atoms. The molecule has 0 aliphatic heterocycles. The Morgan fingerprint density at radius 2 is 0.514 bits per heavy atom. The molecule has 0 bridgehead atoms. The molecule has 0 saturated heterocycles. The van der Waals surface area contributed by atoms with Crippen LogP contribution in [-0.2, 0) is 6.16 Å². The molecule has 8 aromatic carbocycles. The summed E-state index contributed by atoms with van der Waals surface area (Å²) in [7, 11) is -1.99. The van der Waals surface area contributed by atoms with Crippen molar-refractivity contribution in [2.24, 2.45) is 0 Å². The number of Topliss-reactive ketones (excluding diaryl/α,β-unsaturated/α-hetero) is 1. The van der Waals surface area contributed by atoms with Gasteiger partial charge in [-0.05, 0) is 43.3 Å². The molecule has 0 amide bonds. The third-order valence-electron chi connectivity index (χ3n) is 12.1. The molecule has 8 rings (SSSR count). The predicted octanol–water partition coefficient (Wildman–Crippen LogP) is 11.2. The van der Waals surface area contributed by atoms with E-state index >= 15 is 35.1 Å². The number of benzene rings is 8. The summed E-state index contributed by atoms with van der Waals surface area (Å²) in [5.74, 6) is -71.3. The van der Waals surface area contributed by atoms with Gasteiger partial charge in [0.05, 0.1) is 6.16 Å². The van der Waals surface area contributed by atoms with Crippen LogP contribution in [0.15, 0.2) is 115 Å². The highest BCUT2D eigenvalue weighted by molar-refractivity contribution is 7.95. The largest absolute Gasteiger partial charge is 0.294 e. The van der Waals surface area contributed by atoms with Crippen LogP contribution in [0.4, 0.5) is 87.8 Å². The van der Waals surface area contributed by atoms with Crippen molar-refractivity contribution in [3.63, 3.8) is 0 Å². The second-order valence-electron chi connectivity index (χ2n) is 16.0. The Morgan fingerprint density at radius 3 is 0.743 bits per heavy atom. The molecule has 0 N–H and O–H groups in total. The molecule has 0 saturated carbocycles. The molecule has 0 aliphatic carbocycles. The number of hydrogen-bond donors (Lipinski definition) is 0. The zero-order valence-corrected chi connectivity index (χ0v) is 37.6. The van der Waals surface area contributed by atoms with Crippen molar-refractivity contribution in [2.45, 2.75) is 13.1 Å². The lowest BCUT2D eigenvalue weighted by molar-refractivity contribution is 0.101. The summed E-state index contributed by atoms with van der Waals surface area (Å²) in [6.07, 6.45) is -6.40. The Morgan fingerprint density at radius 1 is 0.311 bits per heavy atom. The summed E-state index contributed by atoms with van der Waals surface area (Å²) in [5, 5.41) is 3.99. The van der Waals surface area contributed by atoms with Gasteiger partial charge in [0.2, 0.25) is 0 Å². The van der Waals surface area contributed by atoms with E-state index < -0.39 is 152 Å². The highest BCUT2D eigenvalue weighted by Gasteiger charge is 2.53. The fraction of sp³-hybridized carbons (Fsp3) is 0.0392. The molecule has 0 heterocycles. The Kier molecular flexibility index (Phi) is 15.3. The summed E-state index contributed by atoms with van der Waals surface area (Å²) in [4.78, 5) is 12.4. The summed E-state index contributed by atoms with van der Waals surface area (Å²) < 4.78 is 294. The van der Waals surface area contributed by atoms with Crippen LogP contribution in [0.2, 0.25) is 0 Å². The van der Waals surface area contributed by atoms with E-state index in [1.165, 1.54) is 15.9 Å². The highest BCUT2D eigenvalue weighted by atomic mass is 31.2. The van der Waals surface area contributed by atoms with Crippen LogP contribution in [0.1, 0.15) is 22.8 Å². The normalized spacial score (nSPS) is 11.7. The van der Waals surface area contributed by atoms with Gasteiger partial charge in [0.1, 0.15) is 75.9 Å². The van der Waals surface area contributed by atoms with E-state index in [0.717, 1.165) is 17.3 Å². The first-order valence-corrected chi connectivity index (χ1v) is 22.8. The summed E-state index contributed by atoms with van der Waals surface area (Å²) in [6, 6.07) is 40.4. The van der Waals surface area contributed by atoms with Crippen molar-refractivity contribution in [1.29, 1.82) is 0 Å². The standard InChI is InChI=1S/C27H24OP.C24BF20/c1-22(28)27-20-12-11-13-23(27)21-29(24-14-5-2-6-15-24,25-16-7-3-8-17-25)26-18-9-4-10-19-26;26-5-1(6(27)14(35)21(42)13(5)34)25(2-7(28)15(36)22(43)16(37)8(2)29,3-9(30)17(38)23(44)18(39)10(3)31)4-11(32)19(40)24(45)20(41)12(4)33/h2-20H,21H2,1H3;/q+1;-1. The van der Waals surface area contributed by atoms with Gasteiger partial charge >= 0.3 is 0 Å². The summed E-state index contributed by atoms with van der Waals surface area (Å²) in [6.45, 7) is 1.66. The van der Waals surface area contributed by atoms with Crippen LogP contribution in [-0.4, -0.2) is 11.9 Å². The fourth-order valence-electron chi connectivity index (χ4n) is 8.90. The van der Waals surface area contributed by atoms with Crippen LogP contribution in [0.25, 0.3) is 0 Å². The van der Waals surface area contributed by atoms with E-state index in [1.807, 2.05) is 18.2 Å². The molecule has 0 fully saturated rings. The average Bonchev–Trinajstić information content (AvgIpc) is 3.41. The van der Waals surface area contributed by atoms with Crippen LogP contribution in [0.5, 0.6) is 0 Å². The van der Waals surface area contributed by atoms with Crippen molar-refractivity contribution in [3.05, 3.63) is 243 Å². The van der Waals surface area contributed by atoms with E-state index in [-0.39, 0.29) is 5.78 Å². The molecule has 0 aromatic heterocycles. The zero-order valence-electron chi connectivity index (χ0n) is 36.7. The SMILES string of the molecule is CC(=O)c1ccccc1C[P+](c1ccccc1)(c1ccccc1)c1ccccc1.Fc1c(F)c(F)c([B-](c2c(F)c(F)c(F)c(F)c2F)(c2c(F)c(F)c(F)c(F)c2F)c2c(F)c(F)c(F)c(F)c2F)c(F)c1F. The summed E-state index contributed by atoms with van der Waals surface area (Å²) in [5.41, 5.74) is -12.4. The fourth-order valence-corrected chi connectivity index (χ4v) is 13.2. The molecule has 0 radical (unpaired) electrons. The number of ketones is 1. The molecular weight excluding hydrogens is 1050 g/mol. The molecular formula is C51H24BF20OP. The van der Waals surface area contributed by atoms with Crippen molar-refractivity contribution < 1.29 is 92.6 Å². The predicted molar refractivity (Wildman–Crippen MR) is 235 cm³/mol. The van der Waals surface area contributed by atoms with Crippen molar-refractivity contribution in [2.75, 3.05) is 0 Å². The van der Waals surface area contributed by atoms with Gasteiger partial charge in [-0.2, -0.15) is 0 Å². The lowest BCUT2D eigenvalue weighted by atomic mass is 9.12. The van der Waals surface area contributed by atoms with Gasteiger partial charge in [0.15, 0.2) is 75.6 Å². The van der Waals surface area contributed by atoms with E-state index in [4.69, 9.17) is 0 Å². The molecule has 382 valence electrons. The van der Waals surface area contributed by atoms with E-state index in [1.54, 1.807) is 6.92 Å². The minimum Gasteiger partial charge on any atom is -0.294 e. The Labute approximate surface area is 404 Å². The average molecular weight is 1070 g/mol. The van der Waals surface area contributed by atoms with Gasteiger partial charge in [0, 0.05) is 11.1 Å². The Hall–Kier alpha value is -7.48. The van der Waals surface area contributed by atoms with Crippen molar-refractivity contribution in [1.82, 2.24) is 0 Å². The number of carbonyl (C=O) groups is 1. The molecule has 0 spiro atoms. The lowest BCUT2D eigenvalue weighted by Crippen LogP contribution is -2.81. The second kappa shape index (κ2) is 20.8. The molecule has 8 aromatic rings. The maximum Gasteiger partial charge on any atom is 0.200 e. The topological polar surface area (TPSA) is 17.1 Å². The van der Waals surface area contributed by atoms with Gasteiger partial charge in [0.25, 0.3) is 0 Å². The quantitative estimate of drug-likeness (QED) is 0.0333. The maximum atomic E-state index is 15.4. The van der Waals surface area contributed by atoms with Crippen LogP contribution < -0.4 is 37.8 Å². The van der Waals surface area contributed by atoms with Gasteiger partial charge in [-0.15, -0.1) is 21.9 Å². The Balaban J connectivity index is 0.000000237. The second-order valence-corrected chi connectivity index (χ2v) is 19.5. The number of carbonyl (C=O) groups excluding carboxylic acids is 1. The van der Waals surface area contributed by atoms with Gasteiger partial charge < -0.3 is 0 Å². The third-order valence-corrected chi connectivity index (χ3v) is 16.5. The third kappa shape index (κ3) is 8.55. The Bertz CT molecular complexity index is 3030. The number of hydrogen-bond acceptors (Lipinski definition) is 1. The van der Waals surface area contributed by atoms with Crippen LogP contribution >= 0.6 is 7.26 Å². The minimum absolute atomic E-state index is 0.118. The van der Waals surface area contributed by atoms with Crippen molar-refractivity contribution in [3.8, 4) is 0 Å². The lowest BCUT2D eigenvalue weighted by Gasteiger charge is -2.44. The highest BCUT2D eigenvalue weighted by Crippen LogP contribution is 2.58. The monoisotopic (exact) mass is 1070 g/mol. The molecule has 0 aliphatic rings. The van der Waals surface area contributed by atoms with Crippen LogP contribution in [0, 0.1) is 116 Å².